The number of nitrogens with two attached hydrogens (primary N) is 2. The molecule has 14 heteroatoms. The van der Waals surface area contributed by atoms with E-state index in [-0.39, 0.29) is 24.3 Å². The van der Waals surface area contributed by atoms with Gasteiger partial charge in [-0.3, -0.25) is 19.2 Å². The zero-order valence-corrected chi connectivity index (χ0v) is 23.8. The van der Waals surface area contributed by atoms with Crippen LogP contribution in [0.5, 0.6) is 5.75 Å². The highest BCUT2D eigenvalue weighted by molar-refractivity contribution is 5.98. The van der Waals surface area contributed by atoms with Crippen molar-refractivity contribution >= 4 is 22.8 Å². The van der Waals surface area contributed by atoms with Gasteiger partial charge in [-0.05, 0) is 38.5 Å². The Bertz CT molecular complexity index is 1450. The van der Waals surface area contributed by atoms with Crippen molar-refractivity contribution in [3.05, 3.63) is 40.8 Å². The fourth-order valence-electron chi connectivity index (χ4n) is 4.94. The van der Waals surface area contributed by atoms with Crippen LogP contribution in [-0.4, -0.2) is 104 Å². The predicted octanol–water partition coefficient (Wildman–Crippen LogP) is -0.874. The number of carbonyl (C=O) groups is 2. The van der Waals surface area contributed by atoms with Crippen LogP contribution in [0.15, 0.2) is 23.2 Å². The number of carbonyl (C=O) groups excluding carboxylic acids is 2. The first-order chi connectivity index (χ1) is 19.6. The highest BCUT2D eigenvalue weighted by atomic mass is 16.5. The molecule has 0 radical (unpaired) electrons. The molecule has 0 aliphatic carbocycles. The van der Waals surface area contributed by atoms with Gasteiger partial charge in [-0.25, -0.2) is 0 Å². The average molecular weight is 573 g/mol. The number of morpholine rings is 1. The number of ether oxygens (including phenoxy) is 2. The molecule has 2 atom stereocenters. The second kappa shape index (κ2) is 13.4. The molecule has 4 rings (SSSR count). The zero-order chi connectivity index (χ0) is 29.7. The summed E-state index contributed by atoms with van der Waals surface area (Å²) >= 11 is 0. The molecule has 224 valence electrons. The smallest absolute Gasteiger partial charge is 0.298 e. The minimum atomic E-state index is -1.27. The summed E-state index contributed by atoms with van der Waals surface area (Å²) in [6, 6.07) is 4.79. The third-order valence-corrected chi connectivity index (χ3v) is 7.17. The molecule has 1 saturated heterocycles. The highest BCUT2D eigenvalue weighted by Gasteiger charge is 2.24. The third-order valence-electron chi connectivity index (χ3n) is 7.17. The van der Waals surface area contributed by atoms with Gasteiger partial charge in [0.2, 0.25) is 11.5 Å². The molecule has 14 nitrogen and oxygen atoms in total. The second-order valence-corrected chi connectivity index (χ2v) is 10.1. The molecule has 1 aliphatic heterocycles. The third kappa shape index (κ3) is 6.85. The lowest BCUT2D eigenvalue weighted by molar-refractivity contribution is 0.0149. The molecule has 6 N–H and O–H groups in total. The molecule has 2 amide bonds. The Hall–Kier alpha value is -3.56. The molecule has 41 heavy (non-hydrogen) atoms. The molecule has 3 heterocycles. The number of imidazole rings is 1. The van der Waals surface area contributed by atoms with Gasteiger partial charge >= 0.3 is 0 Å². The number of primary amides is 1. The maximum absolute atomic E-state index is 13.4. The average Bonchev–Trinajstić information content (AvgIpc) is 3.48. The second-order valence-electron chi connectivity index (χ2n) is 10.1. The van der Waals surface area contributed by atoms with Crippen LogP contribution in [0.4, 0.5) is 0 Å². The number of aryl methyl sites for hydroxylation is 3. The van der Waals surface area contributed by atoms with Crippen molar-refractivity contribution in [2.75, 3.05) is 46.0 Å². The summed E-state index contributed by atoms with van der Waals surface area (Å²) in [5.74, 6) is -0.843. The number of hydrogen-bond acceptors (Lipinski definition) is 9. The number of amides is 2. The van der Waals surface area contributed by atoms with Gasteiger partial charge in [-0.15, -0.1) is 0 Å². The minimum Gasteiger partial charge on any atom is -0.491 e. The molecule has 3 aromatic rings. The standard InChI is InChI=1S/C27H40N8O6/c1-4-35-20(12-17(2)31-35)26(39)30-27-32(3)19-13-18(25(29)38)14-23(24(19)34(27)16-22(37)21(36)15-28)41-9-5-6-33-7-10-40-11-8-33/h12-14,21-22,36-37H,4-11,15-16,28H2,1-3H3,(H2,29,38). The van der Waals surface area contributed by atoms with E-state index in [9.17, 15) is 19.8 Å². The van der Waals surface area contributed by atoms with E-state index in [1.807, 2.05) is 6.92 Å². The Morgan fingerprint density at radius 3 is 2.59 bits per heavy atom. The van der Waals surface area contributed by atoms with Crippen molar-refractivity contribution < 1.29 is 29.3 Å². The predicted molar refractivity (Wildman–Crippen MR) is 150 cm³/mol. The van der Waals surface area contributed by atoms with Gasteiger partial charge in [0.15, 0.2) is 0 Å². The van der Waals surface area contributed by atoms with E-state index in [2.05, 4.69) is 15.0 Å². The van der Waals surface area contributed by atoms with Gasteiger partial charge in [0.1, 0.15) is 17.0 Å². The number of benzene rings is 1. The van der Waals surface area contributed by atoms with E-state index in [1.165, 1.54) is 0 Å². The molecule has 2 unspecified atom stereocenters. The maximum Gasteiger partial charge on any atom is 0.298 e. The van der Waals surface area contributed by atoms with Gasteiger partial charge < -0.3 is 40.3 Å². The van der Waals surface area contributed by atoms with Crippen LogP contribution in [-0.2, 0) is 24.9 Å². The van der Waals surface area contributed by atoms with Gasteiger partial charge in [0.25, 0.3) is 5.91 Å². The number of rotatable bonds is 12. The van der Waals surface area contributed by atoms with Crippen molar-refractivity contribution in [2.45, 2.75) is 45.6 Å². The first-order valence-corrected chi connectivity index (χ1v) is 13.8. The van der Waals surface area contributed by atoms with E-state index in [4.69, 9.17) is 20.9 Å². The first kappa shape index (κ1) is 30.4. The molecule has 0 spiro atoms. The van der Waals surface area contributed by atoms with E-state index >= 15 is 0 Å². The zero-order valence-electron chi connectivity index (χ0n) is 23.8. The van der Waals surface area contributed by atoms with Crippen molar-refractivity contribution in [3.63, 3.8) is 0 Å². The van der Waals surface area contributed by atoms with Crippen LogP contribution in [0.25, 0.3) is 11.0 Å². The van der Waals surface area contributed by atoms with Crippen LogP contribution in [0.2, 0.25) is 0 Å². The quantitative estimate of drug-likeness (QED) is 0.200. The van der Waals surface area contributed by atoms with Crippen molar-refractivity contribution in [3.8, 4) is 5.75 Å². The van der Waals surface area contributed by atoms with Crippen LogP contribution in [0.1, 0.15) is 39.9 Å². The lowest BCUT2D eigenvalue weighted by Crippen LogP contribution is -2.39. The van der Waals surface area contributed by atoms with Crippen molar-refractivity contribution in [1.82, 2.24) is 23.8 Å². The summed E-state index contributed by atoms with van der Waals surface area (Å²) in [5, 5.41) is 25.4. The summed E-state index contributed by atoms with van der Waals surface area (Å²) in [6.45, 7) is 8.11. The number of hydrogen-bond donors (Lipinski definition) is 4. The largest absolute Gasteiger partial charge is 0.491 e. The van der Waals surface area contributed by atoms with Crippen LogP contribution in [0.3, 0.4) is 0 Å². The van der Waals surface area contributed by atoms with Gasteiger partial charge in [-0.2, -0.15) is 10.1 Å². The Morgan fingerprint density at radius 2 is 1.93 bits per heavy atom. The Kier molecular flexibility index (Phi) is 9.94. The fourth-order valence-corrected chi connectivity index (χ4v) is 4.94. The monoisotopic (exact) mass is 572 g/mol. The van der Waals surface area contributed by atoms with Crippen molar-refractivity contribution in [2.24, 2.45) is 23.5 Å². The molecular weight excluding hydrogens is 532 g/mol. The van der Waals surface area contributed by atoms with Crippen molar-refractivity contribution in [1.29, 1.82) is 0 Å². The van der Waals surface area contributed by atoms with E-state index in [0.717, 1.165) is 26.1 Å². The minimum absolute atomic E-state index is 0.145. The van der Waals surface area contributed by atoms with Crippen LogP contribution < -0.4 is 21.8 Å². The number of aromatic nitrogens is 4. The molecule has 1 aliphatic rings. The molecule has 1 fully saturated rings. The summed E-state index contributed by atoms with van der Waals surface area (Å²) in [4.78, 5) is 32.3. The Balaban J connectivity index is 1.81. The fraction of sp³-hybridized carbons (Fsp3) is 0.556. The highest BCUT2D eigenvalue weighted by Crippen LogP contribution is 2.28. The van der Waals surface area contributed by atoms with Crippen LogP contribution in [0, 0.1) is 6.92 Å². The number of aliphatic hydroxyl groups excluding tert-OH is 2. The summed E-state index contributed by atoms with van der Waals surface area (Å²) < 4.78 is 16.4. The number of aliphatic hydroxyl groups is 2. The lowest BCUT2D eigenvalue weighted by Gasteiger charge is -2.26. The summed E-state index contributed by atoms with van der Waals surface area (Å²) in [7, 11) is 1.69. The van der Waals surface area contributed by atoms with E-state index < -0.39 is 24.0 Å². The Morgan fingerprint density at radius 1 is 1.20 bits per heavy atom. The topological polar surface area (TPSA) is 188 Å². The van der Waals surface area contributed by atoms with E-state index in [1.54, 1.807) is 46.0 Å². The van der Waals surface area contributed by atoms with E-state index in [0.29, 0.717) is 54.5 Å². The summed E-state index contributed by atoms with van der Waals surface area (Å²) in [5.41, 5.74) is 13.6. The molecule has 2 aromatic heterocycles. The summed E-state index contributed by atoms with van der Waals surface area (Å²) in [6.07, 6.45) is -1.76. The normalized spacial score (nSPS) is 16.3. The molecule has 0 bridgehead atoms. The lowest BCUT2D eigenvalue weighted by atomic mass is 10.1. The molecule has 0 saturated carbocycles. The van der Waals surface area contributed by atoms with Crippen LogP contribution >= 0.6 is 0 Å². The van der Waals surface area contributed by atoms with Gasteiger partial charge in [-0.1, -0.05) is 0 Å². The van der Waals surface area contributed by atoms with Gasteiger partial charge in [0, 0.05) is 45.3 Å². The first-order valence-electron chi connectivity index (χ1n) is 13.8. The molecule has 1 aromatic carbocycles. The van der Waals surface area contributed by atoms with Gasteiger partial charge in [0.05, 0.1) is 49.8 Å². The SMILES string of the molecule is CCn1nc(C)cc1C(=O)N=c1n(C)c2cc(C(N)=O)cc(OCCCN3CCOCC3)c2n1CC(O)C(O)CN. The number of fused-ring (bicyclic) bond motifs is 1. The maximum atomic E-state index is 13.4. The molecular formula is C27H40N8O6. The number of nitrogens with zero attached hydrogens (tertiary/aromatic N) is 6. The Labute approximate surface area is 237 Å².